The number of anilines is 2. The number of ether oxygens (including phenoxy) is 1. The Kier molecular flexibility index (Phi) is 4.70. The molecule has 2 heterocycles. The highest BCUT2D eigenvalue weighted by atomic mass is 35.5. The maximum absolute atomic E-state index is 12.8. The number of methoxy groups -OCH3 is 1. The van der Waals surface area contributed by atoms with Crippen LogP contribution in [0.4, 0.5) is 11.6 Å². The Bertz CT molecular complexity index is 1030. The Morgan fingerprint density at radius 1 is 1.21 bits per heavy atom. The van der Waals surface area contributed by atoms with Crippen LogP contribution in [0.25, 0.3) is 11.4 Å². The monoisotopic (exact) mass is 397 g/mol. The van der Waals surface area contributed by atoms with E-state index in [1.807, 2.05) is 12.1 Å². The molecule has 28 heavy (non-hydrogen) atoms. The van der Waals surface area contributed by atoms with Gasteiger partial charge in [0, 0.05) is 16.3 Å². The van der Waals surface area contributed by atoms with Crippen molar-refractivity contribution >= 4 is 35.1 Å². The molecule has 1 aliphatic rings. The summed E-state index contributed by atoms with van der Waals surface area (Å²) in [6.07, 6.45) is -0.0299. The molecular weight excluding hydrogens is 382 g/mol. The standard InChI is InChI=1S/C19H16ClN5O3/c1-28-14-8-2-11(3-9-14)17-23-19-22-16(26)10-15(25(19)24-17)18(27)21-13-6-4-12(20)5-7-13/h2-9,15H,10H2,1H3,(H,21,27)(H,22,23,24,26)/t15-/m0/s1. The lowest BCUT2D eigenvalue weighted by molar-refractivity contribution is -0.125. The van der Waals surface area contributed by atoms with E-state index in [-0.39, 0.29) is 24.2 Å². The van der Waals surface area contributed by atoms with Gasteiger partial charge in [-0.15, -0.1) is 5.10 Å². The first kappa shape index (κ1) is 18.0. The summed E-state index contributed by atoms with van der Waals surface area (Å²) in [4.78, 5) is 29.2. The molecule has 1 aromatic heterocycles. The van der Waals surface area contributed by atoms with Gasteiger partial charge >= 0.3 is 0 Å². The zero-order chi connectivity index (χ0) is 19.7. The molecule has 2 amide bonds. The van der Waals surface area contributed by atoms with E-state index in [1.54, 1.807) is 43.5 Å². The molecular formula is C19H16ClN5O3. The fourth-order valence-electron chi connectivity index (χ4n) is 2.89. The van der Waals surface area contributed by atoms with Crippen LogP contribution in [0.15, 0.2) is 48.5 Å². The number of amides is 2. The number of rotatable bonds is 4. The van der Waals surface area contributed by atoms with Crippen LogP contribution >= 0.6 is 11.6 Å². The molecule has 2 aromatic carbocycles. The molecule has 0 radical (unpaired) electrons. The number of hydrogen-bond donors (Lipinski definition) is 2. The zero-order valence-electron chi connectivity index (χ0n) is 14.8. The molecule has 8 nitrogen and oxygen atoms in total. The number of carbonyl (C=O) groups excluding carboxylic acids is 2. The Balaban J connectivity index is 1.62. The topological polar surface area (TPSA) is 98.1 Å². The molecule has 3 aromatic rings. The van der Waals surface area contributed by atoms with E-state index in [4.69, 9.17) is 16.3 Å². The second-order valence-corrected chi connectivity index (χ2v) is 6.63. The number of fused-ring (bicyclic) bond motifs is 1. The molecule has 1 aliphatic heterocycles. The first-order valence-corrected chi connectivity index (χ1v) is 8.88. The van der Waals surface area contributed by atoms with Gasteiger partial charge in [-0.2, -0.15) is 4.98 Å². The van der Waals surface area contributed by atoms with Crippen molar-refractivity contribution in [2.75, 3.05) is 17.7 Å². The van der Waals surface area contributed by atoms with Gasteiger partial charge in [0.2, 0.25) is 17.8 Å². The Morgan fingerprint density at radius 3 is 2.61 bits per heavy atom. The third-order valence-electron chi connectivity index (χ3n) is 4.32. The normalized spacial score (nSPS) is 15.5. The molecule has 0 fully saturated rings. The summed E-state index contributed by atoms with van der Waals surface area (Å²) >= 11 is 5.87. The van der Waals surface area contributed by atoms with Crippen molar-refractivity contribution in [3.8, 4) is 17.1 Å². The lowest BCUT2D eigenvalue weighted by Crippen LogP contribution is -2.36. The third-order valence-corrected chi connectivity index (χ3v) is 4.57. The van der Waals surface area contributed by atoms with E-state index >= 15 is 0 Å². The molecule has 4 rings (SSSR count). The van der Waals surface area contributed by atoms with Crippen LogP contribution in [0.1, 0.15) is 12.5 Å². The predicted molar refractivity (Wildman–Crippen MR) is 104 cm³/mol. The minimum absolute atomic E-state index is 0.0299. The molecule has 9 heteroatoms. The van der Waals surface area contributed by atoms with E-state index in [0.29, 0.717) is 22.3 Å². The molecule has 142 valence electrons. The van der Waals surface area contributed by atoms with Crippen LogP contribution in [-0.2, 0) is 9.59 Å². The second-order valence-electron chi connectivity index (χ2n) is 6.20. The van der Waals surface area contributed by atoms with Crippen molar-refractivity contribution < 1.29 is 14.3 Å². The number of carbonyl (C=O) groups is 2. The smallest absolute Gasteiger partial charge is 0.249 e. The van der Waals surface area contributed by atoms with Crippen LogP contribution in [0.3, 0.4) is 0 Å². The van der Waals surface area contributed by atoms with E-state index in [0.717, 1.165) is 5.56 Å². The quantitative estimate of drug-likeness (QED) is 0.704. The Hall–Kier alpha value is -3.39. The van der Waals surface area contributed by atoms with E-state index in [9.17, 15) is 9.59 Å². The van der Waals surface area contributed by atoms with Gasteiger partial charge in [-0.1, -0.05) is 11.6 Å². The summed E-state index contributed by atoms with van der Waals surface area (Å²) < 4.78 is 6.59. The lowest BCUT2D eigenvalue weighted by Gasteiger charge is -2.22. The molecule has 0 aliphatic carbocycles. The van der Waals surface area contributed by atoms with Gasteiger partial charge in [0.25, 0.3) is 0 Å². The fourth-order valence-corrected chi connectivity index (χ4v) is 3.01. The van der Waals surface area contributed by atoms with E-state index < -0.39 is 6.04 Å². The van der Waals surface area contributed by atoms with Crippen LogP contribution in [-0.4, -0.2) is 33.7 Å². The third kappa shape index (κ3) is 3.54. The van der Waals surface area contributed by atoms with Crippen molar-refractivity contribution in [1.82, 2.24) is 14.8 Å². The van der Waals surface area contributed by atoms with Crippen LogP contribution < -0.4 is 15.4 Å². The molecule has 0 unspecified atom stereocenters. The number of nitrogens with one attached hydrogen (secondary N) is 2. The molecule has 0 saturated heterocycles. The Morgan fingerprint density at radius 2 is 1.93 bits per heavy atom. The molecule has 2 N–H and O–H groups in total. The summed E-state index contributed by atoms with van der Waals surface area (Å²) in [5.41, 5.74) is 1.33. The zero-order valence-corrected chi connectivity index (χ0v) is 15.6. The van der Waals surface area contributed by atoms with Gasteiger partial charge in [0.15, 0.2) is 5.82 Å². The van der Waals surface area contributed by atoms with Gasteiger partial charge < -0.3 is 10.1 Å². The number of hydrogen-bond acceptors (Lipinski definition) is 5. The van der Waals surface area contributed by atoms with Gasteiger partial charge in [-0.3, -0.25) is 14.9 Å². The van der Waals surface area contributed by atoms with E-state index in [1.165, 1.54) is 4.68 Å². The number of aromatic nitrogens is 3. The van der Waals surface area contributed by atoms with Gasteiger partial charge in [0.1, 0.15) is 11.8 Å². The molecule has 0 bridgehead atoms. The minimum Gasteiger partial charge on any atom is -0.497 e. The van der Waals surface area contributed by atoms with Crippen molar-refractivity contribution in [2.24, 2.45) is 0 Å². The van der Waals surface area contributed by atoms with E-state index in [2.05, 4.69) is 20.7 Å². The van der Waals surface area contributed by atoms with Crippen molar-refractivity contribution in [3.05, 3.63) is 53.6 Å². The maximum atomic E-state index is 12.8. The summed E-state index contributed by atoms with van der Waals surface area (Å²) in [5, 5.41) is 10.4. The summed E-state index contributed by atoms with van der Waals surface area (Å²) in [5.74, 6) is 0.700. The maximum Gasteiger partial charge on any atom is 0.249 e. The van der Waals surface area contributed by atoms with Crippen molar-refractivity contribution in [3.63, 3.8) is 0 Å². The Labute approximate surface area is 165 Å². The number of benzene rings is 2. The van der Waals surface area contributed by atoms with Crippen molar-refractivity contribution in [1.29, 1.82) is 0 Å². The average Bonchev–Trinajstić information content (AvgIpc) is 3.13. The summed E-state index contributed by atoms with van der Waals surface area (Å²) in [6.45, 7) is 0. The SMILES string of the molecule is COc1ccc(-c2nc3n(n2)[C@H](C(=O)Nc2ccc(Cl)cc2)CC(=O)N3)cc1. The van der Waals surface area contributed by atoms with Crippen molar-refractivity contribution in [2.45, 2.75) is 12.5 Å². The summed E-state index contributed by atoms with van der Waals surface area (Å²) in [6, 6.07) is 13.1. The molecule has 0 spiro atoms. The van der Waals surface area contributed by atoms with Gasteiger partial charge in [0.05, 0.1) is 13.5 Å². The largest absolute Gasteiger partial charge is 0.497 e. The fraction of sp³-hybridized carbons (Fsp3) is 0.158. The highest BCUT2D eigenvalue weighted by molar-refractivity contribution is 6.30. The predicted octanol–water partition coefficient (Wildman–Crippen LogP) is 3.13. The highest BCUT2D eigenvalue weighted by Crippen LogP contribution is 2.28. The molecule has 1 atom stereocenters. The molecule has 0 saturated carbocycles. The number of halogens is 1. The highest BCUT2D eigenvalue weighted by Gasteiger charge is 2.33. The number of nitrogens with zero attached hydrogens (tertiary/aromatic N) is 3. The first-order valence-electron chi connectivity index (χ1n) is 8.51. The first-order chi connectivity index (χ1) is 13.5. The second kappa shape index (κ2) is 7.32. The lowest BCUT2D eigenvalue weighted by atomic mass is 10.1. The van der Waals surface area contributed by atoms with Crippen LogP contribution in [0.5, 0.6) is 5.75 Å². The van der Waals surface area contributed by atoms with Gasteiger partial charge in [-0.05, 0) is 48.5 Å². The van der Waals surface area contributed by atoms with Crippen LogP contribution in [0, 0.1) is 0 Å². The van der Waals surface area contributed by atoms with Crippen LogP contribution in [0.2, 0.25) is 5.02 Å². The average molecular weight is 398 g/mol. The summed E-state index contributed by atoms with van der Waals surface area (Å²) in [7, 11) is 1.59. The van der Waals surface area contributed by atoms with Gasteiger partial charge in [-0.25, -0.2) is 4.68 Å². The minimum atomic E-state index is -0.807.